The van der Waals surface area contributed by atoms with Crippen LogP contribution in [0.3, 0.4) is 0 Å². The van der Waals surface area contributed by atoms with Gasteiger partial charge in [0, 0.05) is 17.5 Å². The number of nitrogens with zero attached hydrogens (tertiary/aromatic N) is 2. The summed E-state index contributed by atoms with van der Waals surface area (Å²) in [4.78, 5) is 0. The molecule has 0 unspecified atom stereocenters. The third-order valence-electron chi connectivity index (χ3n) is 7.43. The van der Waals surface area contributed by atoms with Crippen molar-refractivity contribution in [2.75, 3.05) is 0 Å². The molecule has 0 amide bonds. The van der Waals surface area contributed by atoms with E-state index in [4.69, 9.17) is 0 Å². The fraction of sp³-hybridized carbons (Fsp3) is 0.714. The van der Waals surface area contributed by atoms with E-state index < -0.39 is 53.2 Å². The second-order valence-electron chi connectivity index (χ2n) is 11.0. The molecule has 0 atom stereocenters. The largest absolute Gasteiger partial charge is 0.460 e. The van der Waals surface area contributed by atoms with Gasteiger partial charge < -0.3 is 0 Å². The summed E-state index contributed by atoms with van der Waals surface area (Å²) in [5.74, 6) is -56.7. The van der Waals surface area contributed by atoms with Crippen LogP contribution in [0.2, 0.25) is 0 Å². The lowest BCUT2D eigenvalue weighted by Crippen LogP contribution is -2.74. The molecule has 1 heterocycles. The summed E-state index contributed by atoms with van der Waals surface area (Å²) in [5, 5.41) is 8.12. The first-order valence-electron chi connectivity index (χ1n) is 14.4. The number of aryl methyl sites for hydroxylation is 1. The van der Waals surface area contributed by atoms with Gasteiger partial charge in [0.05, 0.1) is 0 Å². The predicted molar refractivity (Wildman–Crippen MR) is 141 cm³/mol. The third kappa shape index (κ3) is 7.66. The SMILES string of the molecule is CCCCCCCCCCCCc1nnc(-c2ccc(C(F)(F)C(F)(F)C(F)(F)C(F)(F)C(F)(F)C(F)(F)C(F)(F)C(F)(F)F)cc2)s1. The summed E-state index contributed by atoms with van der Waals surface area (Å²) in [5.41, 5.74) is -2.40. The van der Waals surface area contributed by atoms with Crippen molar-refractivity contribution in [3.63, 3.8) is 0 Å². The molecule has 1 aromatic carbocycles. The van der Waals surface area contributed by atoms with Crippen molar-refractivity contribution in [2.24, 2.45) is 0 Å². The fourth-order valence-electron chi connectivity index (χ4n) is 4.40. The average Bonchev–Trinajstić information content (AvgIpc) is 3.46. The Morgan fingerprint density at radius 1 is 0.479 bits per heavy atom. The van der Waals surface area contributed by atoms with Crippen LogP contribution in [0, 0.1) is 0 Å². The highest BCUT2D eigenvalue weighted by atomic mass is 32.1. The van der Waals surface area contributed by atoms with Gasteiger partial charge in [-0.25, -0.2) is 0 Å². The maximum atomic E-state index is 14.6. The zero-order valence-corrected chi connectivity index (χ0v) is 25.6. The monoisotopic (exact) mass is 748 g/mol. The fourth-order valence-corrected chi connectivity index (χ4v) is 5.29. The topological polar surface area (TPSA) is 25.8 Å². The molecule has 0 spiro atoms. The average molecular weight is 749 g/mol. The molecule has 0 saturated carbocycles. The molecule has 0 N–H and O–H groups in total. The first-order valence-corrected chi connectivity index (χ1v) is 15.2. The molecule has 0 aliphatic carbocycles. The van der Waals surface area contributed by atoms with E-state index in [-0.39, 0.29) is 22.7 Å². The lowest BCUT2D eigenvalue weighted by molar-refractivity contribution is -0.462. The number of rotatable bonds is 19. The van der Waals surface area contributed by atoms with Gasteiger partial charge in [0.2, 0.25) is 0 Å². The summed E-state index contributed by atoms with van der Waals surface area (Å²) in [6, 6.07) is 0.997. The summed E-state index contributed by atoms with van der Waals surface area (Å²) in [6.45, 7) is 2.12. The first-order chi connectivity index (χ1) is 21.8. The van der Waals surface area contributed by atoms with E-state index in [2.05, 4.69) is 17.1 Å². The Bertz CT molecular complexity index is 1300. The van der Waals surface area contributed by atoms with E-state index >= 15 is 0 Å². The van der Waals surface area contributed by atoms with Crippen LogP contribution < -0.4 is 0 Å². The van der Waals surface area contributed by atoms with Crippen LogP contribution in [0.4, 0.5) is 74.6 Å². The Morgan fingerprint density at radius 2 is 0.875 bits per heavy atom. The Hall–Kier alpha value is -2.41. The quantitative estimate of drug-likeness (QED) is 0.106. The summed E-state index contributed by atoms with van der Waals surface area (Å²) < 4.78 is 231. The first kappa shape index (κ1) is 41.8. The number of halogens is 17. The maximum absolute atomic E-state index is 14.6. The van der Waals surface area contributed by atoms with Gasteiger partial charge in [-0.2, -0.15) is 74.6 Å². The molecule has 20 heteroatoms. The van der Waals surface area contributed by atoms with Crippen LogP contribution in [0.15, 0.2) is 24.3 Å². The van der Waals surface area contributed by atoms with Crippen LogP contribution in [0.1, 0.15) is 81.7 Å². The zero-order valence-electron chi connectivity index (χ0n) is 24.8. The number of aromatic nitrogens is 2. The van der Waals surface area contributed by atoms with E-state index in [1.165, 1.54) is 19.3 Å². The minimum absolute atomic E-state index is 0.00281. The Labute approximate surface area is 267 Å². The van der Waals surface area contributed by atoms with Crippen molar-refractivity contribution in [2.45, 2.75) is 125 Å². The van der Waals surface area contributed by atoms with Gasteiger partial charge in [-0.15, -0.1) is 10.2 Å². The van der Waals surface area contributed by atoms with Crippen LogP contribution in [-0.2, 0) is 12.3 Å². The number of hydrogen-bond donors (Lipinski definition) is 0. The van der Waals surface area contributed by atoms with Crippen molar-refractivity contribution in [1.29, 1.82) is 0 Å². The van der Waals surface area contributed by atoms with Gasteiger partial charge in [-0.05, 0) is 6.42 Å². The second kappa shape index (κ2) is 14.8. The predicted octanol–water partition coefficient (Wildman–Crippen LogP) is 12.1. The van der Waals surface area contributed by atoms with Crippen molar-refractivity contribution >= 4 is 11.3 Å². The highest BCUT2D eigenvalue weighted by molar-refractivity contribution is 7.14. The molecule has 1 aromatic heterocycles. The van der Waals surface area contributed by atoms with Crippen molar-refractivity contribution < 1.29 is 74.6 Å². The molecule has 2 aromatic rings. The van der Waals surface area contributed by atoms with Gasteiger partial charge in [-0.3, -0.25) is 0 Å². The molecule has 48 heavy (non-hydrogen) atoms. The molecule has 0 saturated heterocycles. The van der Waals surface area contributed by atoms with Gasteiger partial charge in [-0.1, -0.05) is 100 Å². The van der Waals surface area contributed by atoms with Gasteiger partial charge in [0.1, 0.15) is 10.0 Å². The Kier molecular flexibility index (Phi) is 12.9. The molecule has 0 aliphatic heterocycles. The number of benzene rings is 1. The lowest BCUT2D eigenvalue weighted by atomic mass is 9.87. The van der Waals surface area contributed by atoms with Crippen molar-refractivity contribution in [3.05, 3.63) is 34.8 Å². The van der Waals surface area contributed by atoms with Crippen LogP contribution >= 0.6 is 11.3 Å². The maximum Gasteiger partial charge on any atom is 0.460 e. The summed E-state index contributed by atoms with van der Waals surface area (Å²) in [7, 11) is 0. The van der Waals surface area contributed by atoms with Crippen molar-refractivity contribution in [3.8, 4) is 10.6 Å². The van der Waals surface area contributed by atoms with E-state index in [1.807, 2.05) is 0 Å². The van der Waals surface area contributed by atoms with Gasteiger partial charge in [0.25, 0.3) is 0 Å². The van der Waals surface area contributed by atoms with Gasteiger partial charge >= 0.3 is 47.6 Å². The third-order valence-corrected chi connectivity index (χ3v) is 8.46. The standard InChI is InChI=1S/C28H29F17N2S/c1-2-3-4-5-6-7-8-9-10-11-12-19-46-47-20(48-19)17-13-15-18(16-14-17)21(29,30)22(31,32)23(33,34)24(35,36)25(37,38)26(39,40)27(41,42)28(43,44)45/h13-16H,2-12H2,1H3. The Morgan fingerprint density at radius 3 is 1.31 bits per heavy atom. The van der Waals surface area contributed by atoms with Crippen molar-refractivity contribution in [1.82, 2.24) is 10.2 Å². The highest BCUT2D eigenvalue weighted by Crippen LogP contribution is 2.65. The minimum atomic E-state index is -8.66. The Balaban J connectivity index is 2.18. The highest BCUT2D eigenvalue weighted by Gasteiger charge is 2.95. The second-order valence-corrected chi connectivity index (χ2v) is 12.1. The zero-order chi connectivity index (χ0) is 37.0. The molecule has 276 valence electrons. The molecular weight excluding hydrogens is 719 g/mol. The number of hydrogen-bond acceptors (Lipinski definition) is 3. The minimum Gasteiger partial charge on any atom is -0.194 e. The molecule has 0 bridgehead atoms. The number of unbranched alkanes of at least 4 members (excludes halogenated alkanes) is 9. The van der Waals surface area contributed by atoms with Crippen LogP contribution in [-0.4, -0.2) is 51.9 Å². The molecule has 0 radical (unpaired) electrons. The van der Waals surface area contributed by atoms with E-state index in [0.717, 1.165) is 49.9 Å². The van der Waals surface area contributed by atoms with Crippen LogP contribution in [0.5, 0.6) is 0 Å². The smallest absolute Gasteiger partial charge is 0.194 e. The van der Waals surface area contributed by atoms with Crippen LogP contribution in [0.25, 0.3) is 10.6 Å². The van der Waals surface area contributed by atoms with E-state index in [0.29, 0.717) is 30.0 Å². The van der Waals surface area contributed by atoms with E-state index in [1.54, 1.807) is 0 Å². The molecule has 0 fully saturated rings. The molecule has 2 rings (SSSR count). The summed E-state index contributed by atoms with van der Waals surface area (Å²) >= 11 is 0.928. The molecule has 2 nitrogen and oxygen atoms in total. The normalized spacial score (nSPS) is 14.5. The molecule has 0 aliphatic rings. The summed E-state index contributed by atoms with van der Waals surface area (Å²) in [6.07, 6.45) is 3.17. The van der Waals surface area contributed by atoms with Gasteiger partial charge in [0.15, 0.2) is 0 Å². The molecular formula is C28H29F17N2S. The lowest BCUT2D eigenvalue weighted by Gasteiger charge is -2.42. The van der Waals surface area contributed by atoms with E-state index in [9.17, 15) is 74.6 Å². The number of alkyl halides is 17.